The van der Waals surface area contributed by atoms with Gasteiger partial charge in [0.1, 0.15) is 6.10 Å². The molecular weight excluding hydrogens is 301 g/mol. The van der Waals surface area contributed by atoms with Crippen molar-refractivity contribution in [3.63, 3.8) is 0 Å². The predicted molar refractivity (Wildman–Crippen MR) is 86.3 cm³/mol. The van der Waals surface area contributed by atoms with Crippen molar-refractivity contribution in [1.82, 2.24) is 5.32 Å². The van der Waals surface area contributed by atoms with Crippen LogP contribution in [0.15, 0.2) is 18.2 Å². The Balaban J connectivity index is 2.89. The van der Waals surface area contributed by atoms with Gasteiger partial charge in [0.05, 0.1) is 10.0 Å². The molecule has 0 aromatic heterocycles. The van der Waals surface area contributed by atoms with Gasteiger partial charge in [-0.2, -0.15) is 0 Å². The van der Waals surface area contributed by atoms with Gasteiger partial charge in [-0.3, -0.25) is 0 Å². The van der Waals surface area contributed by atoms with Crippen molar-refractivity contribution in [1.29, 1.82) is 0 Å². The number of ether oxygens (including phenoxy) is 1. The van der Waals surface area contributed by atoms with Crippen LogP contribution in [0.1, 0.15) is 39.4 Å². The molecule has 0 spiro atoms. The third-order valence-corrected chi connectivity index (χ3v) is 3.28. The zero-order valence-electron chi connectivity index (χ0n) is 11.6. The van der Waals surface area contributed by atoms with E-state index in [-0.39, 0.29) is 11.6 Å². The smallest absolute Gasteiger partial charge is 0.157 e. The van der Waals surface area contributed by atoms with Crippen molar-refractivity contribution in [2.24, 2.45) is 0 Å². The van der Waals surface area contributed by atoms with Crippen LogP contribution in [0.25, 0.3) is 0 Å². The summed E-state index contributed by atoms with van der Waals surface area (Å²) in [5.74, 6) is 0. The average Bonchev–Trinajstić information content (AvgIpc) is 2.26. The minimum atomic E-state index is -0.175. The molecular formula is C14H19Cl2NOS. The Morgan fingerprint density at radius 3 is 2.42 bits per heavy atom. The molecule has 0 aliphatic rings. The first kappa shape index (κ1) is 16.7. The summed E-state index contributed by atoms with van der Waals surface area (Å²) < 4.78 is 5.69. The fourth-order valence-electron chi connectivity index (χ4n) is 1.54. The number of rotatable bonds is 4. The molecule has 0 amide bonds. The van der Waals surface area contributed by atoms with Gasteiger partial charge in [0, 0.05) is 19.0 Å². The highest BCUT2D eigenvalue weighted by molar-refractivity contribution is 7.80. The van der Waals surface area contributed by atoms with Gasteiger partial charge in [-0.15, -0.1) is 0 Å². The number of benzene rings is 1. The monoisotopic (exact) mass is 319 g/mol. The Kier molecular flexibility index (Phi) is 6.06. The van der Waals surface area contributed by atoms with Gasteiger partial charge >= 0.3 is 0 Å². The van der Waals surface area contributed by atoms with E-state index < -0.39 is 0 Å². The first-order valence-corrected chi connectivity index (χ1v) is 7.22. The zero-order chi connectivity index (χ0) is 14.6. The fourth-order valence-corrected chi connectivity index (χ4v) is 1.96. The van der Waals surface area contributed by atoms with Gasteiger partial charge in [-0.25, -0.2) is 0 Å². The van der Waals surface area contributed by atoms with Crippen molar-refractivity contribution in [2.45, 2.75) is 39.3 Å². The van der Waals surface area contributed by atoms with Gasteiger partial charge in [-0.1, -0.05) is 29.3 Å². The Hall–Kier alpha value is -0.350. The molecule has 0 radical (unpaired) electrons. The second kappa shape index (κ2) is 6.89. The van der Waals surface area contributed by atoms with Gasteiger partial charge in [0.15, 0.2) is 5.05 Å². The normalized spacial score (nSPS) is 13.2. The van der Waals surface area contributed by atoms with E-state index in [2.05, 4.69) is 26.1 Å². The van der Waals surface area contributed by atoms with Gasteiger partial charge in [0.25, 0.3) is 0 Å². The molecule has 0 saturated carbocycles. The van der Waals surface area contributed by atoms with Gasteiger partial charge in [-0.05, 0) is 50.7 Å². The van der Waals surface area contributed by atoms with E-state index in [0.717, 1.165) is 5.56 Å². The highest BCUT2D eigenvalue weighted by Crippen LogP contribution is 2.27. The third kappa shape index (κ3) is 6.09. The molecule has 0 bridgehead atoms. The molecule has 0 fully saturated rings. The van der Waals surface area contributed by atoms with Crippen LogP contribution < -0.4 is 5.32 Å². The minimum absolute atomic E-state index is 0.00713. The van der Waals surface area contributed by atoms with E-state index in [1.54, 1.807) is 13.0 Å². The summed E-state index contributed by atoms with van der Waals surface area (Å²) in [6, 6.07) is 5.49. The van der Waals surface area contributed by atoms with Crippen LogP contribution in [-0.4, -0.2) is 17.1 Å². The van der Waals surface area contributed by atoms with E-state index >= 15 is 0 Å². The lowest BCUT2D eigenvalue weighted by atomic mass is 10.1. The first-order chi connectivity index (χ1) is 8.69. The number of nitrogens with one attached hydrogen (secondary N) is 1. The summed E-state index contributed by atoms with van der Waals surface area (Å²) in [6.45, 7) is 8.71. The molecule has 1 unspecified atom stereocenters. The topological polar surface area (TPSA) is 21.3 Å². The Bertz CT molecular complexity index is 457. The van der Waals surface area contributed by atoms with E-state index in [1.165, 1.54) is 0 Å². The van der Waals surface area contributed by atoms with Crippen LogP contribution in [0.2, 0.25) is 10.0 Å². The lowest BCUT2D eigenvalue weighted by Gasteiger charge is -2.26. The maximum Gasteiger partial charge on any atom is 0.157 e. The maximum absolute atomic E-state index is 6.04. The van der Waals surface area contributed by atoms with Crippen LogP contribution >= 0.6 is 35.4 Å². The molecule has 0 saturated heterocycles. The quantitative estimate of drug-likeness (QED) is 0.806. The molecule has 0 aliphatic carbocycles. The highest BCUT2D eigenvalue weighted by Gasteiger charge is 2.18. The molecule has 1 aromatic rings. The molecule has 5 heteroatoms. The molecule has 2 nitrogen and oxygen atoms in total. The molecule has 1 aromatic carbocycles. The Labute approximate surface area is 130 Å². The third-order valence-electron chi connectivity index (χ3n) is 2.44. The molecule has 1 rings (SSSR count). The summed E-state index contributed by atoms with van der Waals surface area (Å²) in [7, 11) is 0. The second-order valence-corrected chi connectivity index (χ2v) is 6.79. The average molecular weight is 320 g/mol. The summed E-state index contributed by atoms with van der Waals surface area (Å²) in [5.41, 5.74) is 0.961. The fraction of sp³-hybridized carbons (Fsp3) is 0.500. The number of hydrogen-bond acceptors (Lipinski definition) is 3. The van der Waals surface area contributed by atoms with Crippen molar-refractivity contribution in [3.05, 3.63) is 33.8 Å². The first-order valence-electron chi connectivity index (χ1n) is 6.06. The zero-order valence-corrected chi connectivity index (χ0v) is 13.9. The SMILES string of the molecule is CC(=S)OC(CNC(C)(C)C)c1ccc(Cl)c(Cl)c1. The number of halogens is 2. The van der Waals surface area contributed by atoms with Crippen LogP contribution in [0.5, 0.6) is 0 Å². The van der Waals surface area contributed by atoms with E-state index in [1.807, 2.05) is 12.1 Å². The Morgan fingerprint density at radius 1 is 1.32 bits per heavy atom. The summed E-state index contributed by atoms with van der Waals surface area (Å²) in [5, 5.41) is 4.96. The number of thiocarbonyl (C=S) groups is 1. The van der Waals surface area contributed by atoms with E-state index in [0.29, 0.717) is 21.6 Å². The molecule has 0 heterocycles. The summed E-state index contributed by atoms with van der Waals surface area (Å²) in [4.78, 5) is 0. The second-order valence-electron chi connectivity index (χ2n) is 5.40. The van der Waals surface area contributed by atoms with Crippen molar-refractivity contribution in [2.75, 3.05) is 6.54 Å². The number of hydrogen-bond donors (Lipinski definition) is 1. The summed E-state index contributed by atoms with van der Waals surface area (Å²) >= 11 is 17.0. The van der Waals surface area contributed by atoms with Gasteiger partial charge < -0.3 is 10.1 Å². The van der Waals surface area contributed by atoms with Gasteiger partial charge in [0.2, 0.25) is 0 Å². The molecule has 19 heavy (non-hydrogen) atoms. The molecule has 106 valence electrons. The van der Waals surface area contributed by atoms with E-state index in [9.17, 15) is 0 Å². The lowest BCUT2D eigenvalue weighted by molar-refractivity contribution is 0.180. The van der Waals surface area contributed by atoms with Crippen LogP contribution in [0, 0.1) is 0 Å². The standard InChI is InChI=1S/C14H19Cl2NOS/c1-9(19)18-13(8-17-14(2,3)4)10-5-6-11(15)12(16)7-10/h5-7,13,17H,8H2,1-4H3. The molecule has 1 atom stereocenters. The largest absolute Gasteiger partial charge is 0.478 e. The van der Waals surface area contributed by atoms with Crippen molar-refractivity contribution >= 4 is 40.5 Å². The summed E-state index contributed by atoms with van der Waals surface area (Å²) in [6.07, 6.45) is -0.175. The lowest BCUT2D eigenvalue weighted by Crippen LogP contribution is -2.39. The maximum atomic E-state index is 6.04. The molecule has 1 N–H and O–H groups in total. The molecule has 0 aliphatic heterocycles. The van der Waals surface area contributed by atoms with Crippen LogP contribution in [0.3, 0.4) is 0 Å². The van der Waals surface area contributed by atoms with Crippen LogP contribution in [-0.2, 0) is 4.74 Å². The highest BCUT2D eigenvalue weighted by atomic mass is 35.5. The van der Waals surface area contributed by atoms with Crippen molar-refractivity contribution < 1.29 is 4.74 Å². The Morgan fingerprint density at radius 2 is 1.95 bits per heavy atom. The predicted octanol–water partition coefficient (Wildman–Crippen LogP) is 4.79. The van der Waals surface area contributed by atoms with Crippen molar-refractivity contribution in [3.8, 4) is 0 Å². The van der Waals surface area contributed by atoms with E-state index in [4.69, 9.17) is 40.2 Å². The minimum Gasteiger partial charge on any atom is -0.478 e. The van der Waals surface area contributed by atoms with Crippen LogP contribution in [0.4, 0.5) is 0 Å².